The molecule has 29 heavy (non-hydrogen) atoms. The summed E-state index contributed by atoms with van der Waals surface area (Å²) in [7, 11) is 0. The molecule has 0 spiro atoms. The monoisotopic (exact) mass is 490 g/mol. The van der Waals surface area contributed by atoms with Crippen LogP contribution in [-0.2, 0) is 6.54 Å². The van der Waals surface area contributed by atoms with Crippen molar-refractivity contribution in [2.75, 3.05) is 0 Å². The highest BCUT2D eigenvalue weighted by atomic mass is 79.9. The third kappa shape index (κ3) is 4.12. The molecule has 4 nitrogen and oxygen atoms in total. The van der Waals surface area contributed by atoms with Crippen LogP contribution in [-0.4, -0.2) is 16.0 Å². The zero-order chi connectivity index (χ0) is 20.5. The van der Waals surface area contributed by atoms with Crippen molar-refractivity contribution in [2.24, 2.45) is 0 Å². The number of pyridine rings is 1. The van der Waals surface area contributed by atoms with Gasteiger partial charge in [-0.2, -0.15) is 0 Å². The SMILES string of the molecule is O=C(NCc1ccc(Cl)cc1)c1cnc2c(F)cc(-c3cc(Br)cs3)cc2c1O. The van der Waals surface area contributed by atoms with E-state index in [0.717, 1.165) is 14.9 Å². The molecule has 4 aromatic rings. The molecule has 0 aliphatic carbocycles. The van der Waals surface area contributed by atoms with Crippen molar-refractivity contribution in [3.8, 4) is 16.2 Å². The van der Waals surface area contributed by atoms with Crippen LogP contribution in [0.4, 0.5) is 4.39 Å². The fourth-order valence-corrected chi connectivity index (χ4v) is 4.44. The standard InChI is InChI=1S/C21H13BrClFN2O2S/c22-13-7-18(29-10-13)12-5-15-19(17(24)6-12)25-9-16(20(15)27)21(28)26-8-11-1-3-14(23)4-2-11/h1-7,9-10H,8H2,(H,25,27)(H,26,28). The van der Waals surface area contributed by atoms with Gasteiger partial charge >= 0.3 is 0 Å². The number of carbonyl (C=O) groups excluding carboxylic acids is 1. The minimum atomic E-state index is -0.564. The summed E-state index contributed by atoms with van der Waals surface area (Å²) in [4.78, 5) is 17.4. The second-order valence-electron chi connectivity index (χ2n) is 6.31. The number of amides is 1. The first-order chi connectivity index (χ1) is 13.9. The van der Waals surface area contributed by atoms with Gasteiger partial charge in [0.2, 0.25) is 0 Å². The predicted octanol–water partition coefficient (Wildman–Crippen LogP) is 6.15. The van der Waals surface area contributed by atoms with Crippen molar-refractivity contribution in [1.29, 1.82) is 0 Å². The average Bonchev–Trinajstić information content (AvgIpc) is 3.14. The smallest absolute Gasteiger partial charge is 0.256 e. The van der Waals surface area contributed by atoms with Crippen molar-refractivity contribution in [3.05, 3.63) is 80.5 Å². The van der Waals surface area contributed by atoms with E-state index in [0.29, 0.717) is 10.6 Å². The molecule has 2 aromatic carbocycles. The molecule has 0 radical (unpaired) electrons. The highest BCUT2D eigenvalue weighted by Crippen LogP contribution is 2.36. The van der Waals surface area contributed by atoms with Gasteiger partial charge in [0.25, 0.3) is 5.91 Å². The number of fused-ring (bicyclic) bond motifs is 1. The number of thiophene rings is 1. The van der Waals surface area contributed by atoms with Gasteiger partial charge in [-0.05, 0) is 57.4 Å². The van der Waals surface area contributed by atoms with Crippen molar-refractivity contribution >= 4 is 55.7 Å². The van der Waals surface area contributed by atoms with E-state index in [9.17, 15) is 14.3 Å². The van der Waals surface area contributed by atoms with Gasteiger partial charge in [0.05, 0.1) is 0 Å². The second-order valence-corrected chi connectivity index (χ2v) is 8.58. The van der Waals surface area contributed by atoms with Crippen LogP contribution in [0.2, 0.25) is 5.02 Å². The molecular formula is C21H13BrClFN2O2S. The van der Waals surface area contributed by atoms with Crippen LogP contribution in [0.3, 0.4) is 0 Å². The average molecular weight is 492 g/mol. The van der Waals surface area contributed by atoms with Crippen LogP contribution in [0.1, 0.15) is 15.9 Å². The lowest BCUT2D eigenvalue weighted by Gasteiger charge is -2.10. The third-order valence-electron chi connectivity index (χ3n) is 4.36. The van der Waals surface area contributed by atoms with Gasteiger partial charge in [0.15, 0.2) is 0 Å². The minimum absolute atomic E-state index is 0.0103. The number of nitrogens with zero attached hydrogens (tertiary/aromatic N) is 1. The zero-order valence-electron chi connectivity index (χ0n) is 14.7. The van der Waals surface area contributed by atoms with Crippen molar-refractivity contribution in [1.82, 2.24) is 10.3 Å². The molecule has 0 bridgehead atoms. The van der Waals surface area contributed by atoms with Crippen molar-refractivity contribution in [3.63, 3.8) is 0 Å². The number of aromatic hydroxyl groups is 1. The van der Waals surface area contributed by atoms with Crippen LogP contribution in [0.25, 0.3) is 21.3 Å². The Hall–Kier alpha value is -2.48. The van der Waals surface area contributed by atoms with E-state index in [2.05, 4.69) is 26.2 Å². The fourth-order valence-electron chi connectivity index (χ4n) is 2.90. The first-order valence-corrected chi connectivity index (χ1v) is 10.6. The van der Waals surface area contributed by atoms with E-state index in [4.69, 9.17) is 11.6 Å². The van der Waals surface area contributed by atoms with Crippen molar-refractivity contribution in [2.45, 2.75) is 6.54 Å². The van der Waals surface area contributed by atoms with Crippen LogP contribution in [0.15, 0.2) is 58.5 Å². The molecule has 2 heterocycles. The summed E-state index contributed by atoms with van der Waals surface area (Å²) in [6.07, 6.45) is 1.18. The van der Waals surface area contributed by atoms with Gasteiger partial charge in [-0.3, -0.25) is 9.78 Å². The number of benzene rings is 2. The quantitative estimate of drug-likeness (QED) is 0.360. The van der Waals surface area contributed by atoms with Gasteiger partial charge in [-0.25, -0.2) is 4.39 Å². The number of hydrogen-bond acceptors (Lipinski definition) is 4. The molecule has 0 fully saturated rings. The Kier molecular flexibility index (Phi) is 5.54. The fraction of sp³-hybridized carbons (Fsp3) is 0.0476. The van der Waals surface area contributed by atoms with E-state index in [-0.39, 0.29) is 28.8 Å². The van der Waals surface area contributed by atoms with Gasteiger partial charge < -0.3 is 10.4 Å². The van der Waals surface area contributed by atoms with Crippen LogP contribution < -0.4 is 5.32 Å². The predicted molar refractivity (Wildman–Crippen MR) is 117 cm³/mol. The number of hydrogen-bond donors (Lipinski definition) is 2. The molecule has 0 aliphatic heterocycles. The van der Waals surface area contributed by atoms with Crippen LogP contribution in [0.5, 0.6) is 5.75 Å². The molecule has 0 unspecified atom stereocenters. The van der Waals surface area contributed by atoms with E-state index < -0.39 is 11.7 Å². The third-order valence-corrected chi connectivity index (χ3v) is 6.35. The molecule has 0 atom stereocenters. The molecular weight excluding hydrogens is 479 g/mol. The maximum atomic E-state index is 14.6. The number of rotatable bonds is 4. The Labute approximate surface area is 183 Å². The molecule has 0 saturated heterocycles. The number of nitrogens with one attached hydrogen (secondary N) is 1. The lowest BCUT2D eigenvalue weighted by Crippen LogP contribution is -2.23. The Bertz CT molecular complexity index is 1230. The first-order valence-electron chi connectivity index (χ1n) is 8.50. The Morgan fingerprint density at radius 2 is 2.00 bits per heavy atom. The Morgan fingerprint density at radius 1 is 1.24 bits per heavy atom. The van der Waals surface area contributed by atoms with E-state index in [1.807, 2.05) is 11.4 Å². The molecule has 0 aliphatic rings. The molecule has 1 amide bonds. The summed E-state index contributed by atoms with van der Waals surface area (Å²) in [6, 6.07) is 11.9. The second kappa shape index (κ2) is 8.10. The summed E-state index contributed by atoms with van der Waals surface area (Å²) < 4.78 is 15.4. The lowest BCUT2D eigenvalue weighted by atomic mass is 10.1. The van der Waals surface area contributed by atoms with E-state index in [1.54, 1.807) is 30.3 Å². The van der Waals surface area contributed by atoms with Crippen LogP contribution >= 0.6 is 38.9 Å². The maximum Gasteiger partial charge on any atom is 0.256 e. The van der Waals surface area contributed by atoms with Gasteiger partial charge in [0.1, 0.15) is 22.6 Å². The highest BCUT2D eigenvalue weighted by molar-refractivity contribution is 9.10. The summed E-state index contributed by atoms with van der Waals surface area (Å²) in [6.45, 7) is 0.255. The summed E-state index contributed by atoms with van der Waals surface area (Å²) in [5, 5.41) is 16.1. The van der Waals surface area contributed by atoms with Crippen molar-refractivity contribution < 1.29 is 14.3 Å². The summed E-state index contributed by atoms with van der Waals surface area (Å²) in [5.41, 5.74) is 1.45. The molecule has 2 aromatic heterocycles. The normalized spacial score (nSPS) is 11.0. The summed E-state index contributed by atoms with van der Waals surface area (Å²) in [5.74, 6) is -1.37. The maximum absolute atomic E-state index is 14.6. The molecule has 0 saturated carbocycles. The first kappa shape index (κ1) is 19.8. The van der Waals surface area contributed by atoms with Gasteiger partial charge in [-0.1, -0.05) is 23.7 Å². The minimum Gasteiger partial charge on any atom is -0.506 e. The van der Waals surface area contributed by atoms with Crippen LogP contribution in [0, 0.1) is 5.82 Å². The number of carbonyl (C=O) groups is 1. The number of aromatic nitrogens is 1. The summed E-state index contributed by atoms with van der Waals surface area (Å²) >= 11 is 10.7. The molecule has 4 rings (SSSR count). The molecule has 146 valence electrons. The van der Waals surface area contributed by atoms with Gasteiger partial charge in [-0.15, -0.1) is 11.3 Å². The zero-order valence-corrected chi connectivity index (χ0v) is 17.9. The number of halogens is 3. The molecule has 8 heteroatoms. The molecule has 2 N–H and O–H groups in total. The largest absolute Gasteiger partial charge is 0.506 e. The lowest BCUT2D eigenvalue weighted by molar-refractivity contribution is 0.0948. The Morgan fingerprint density at radius 3 is 2.69 bits per heavy atom. The van der Waals surface area contributed by atoms with E-state index in [1.165, 1.54) is 23.6 Å². The van der Waals surface area contributed by atoms with E-state index >= 15 is 0 Å². The Balaban J connectivity index is 1.67. The van der Waals surface area contributed by atoms with Gasteiger partial charge in [0, 0.05) is 37.9 Å². The topological polar surface area (TPSA) is 62.2 Å². The highest BCUT2D eigenvalue weighted by Gasteiger charge is 2.18.